The van der Waals surface area contributed by atoms with Crippen LogP contribution in [-0.4, -0.2) is 25.8 Å². The molecule has 2 rings (SSSR count). The predicted molar refractivity (Wildman–Crippen MR) is 111 cm³/mol. The minimum atomic E-state index is -1.11. The van der Waals surface area contributed by atoms with E-state index < -0.39 is 11.6 Å². The fourth-order valence-electron chi connectivity index (χ4n) is 3.08. The van der Waals surface area contributed by atoms with E-state index in [4.69, 9.17) is 14.7 Å². The van der Waals surface area contributed by atoms with Crippen molar-refractivity contribution in [3.8, 4) is 17.2 Å². The molecule has 2 aromatic rings. The van der Waals surface area contributed by atoms with E-state index in [-0.39, 0.29) is 23.7 Å². The lowest BCUT2D eigenvalue weighted by molar-refractivity contribution is -0.148. The van der Waals surface area contributed by atoms with Crippen LogP contribution in [0.3, 0.4) is 0 Å². The Kier molecular flexibility index (Phi) is 9.96. The highest BCUT2D eigenvalue weighted by Crippen LogP contribution is 2.26. The van der Waals surface area contributed by atoms with Gasteiger partial charge < -0.3 is 9.47 Å². The average Bonchev–Trinajstić information content (AvgIpc) is 2.76. The Hall–Kier alpha value is -2.78. The summed E-state index contributed by atoms with van der Waals surface area (Å²) in [6, 6.07) is 11.7. The Morgan fingerprint density at radius 2 is 1.67 bits per heavy atom. The third kappa shape index (κ3) is 7.23. The maximum Gasteiger partial charge on any atom is 0.332 e. The minimum Gasteiger partial charge on any atom is -0.464 e. The molecule has 0 spiro atoms. The lowest BCUT2D eigenvalue weighted by atomic mass is 9.99. The maximum absolute atomic E-state index is 14.2. The highest BCUT2D eigenvalue weighted by atomic mass is 19.2. The van der Waals surface area contributed by atoms with Crippen LogP contribution < -0.4 is 0 Å². The zero-order chi connectivity index (χ0) is 21.8. The molecule has 0 heterocycles. The van der Waals surface area contributed by atoms with E-state index in [1.165, 1.54) is 12.1 Å². The van der Waals surface area contributed by atoms with Crippen LogP contribution in [-0.2, 0) is 20.7 Å². The first-order valence-corrected chi connectivity index (χ1v) is 10.3. The van der Waals surface area contributed by atoms with E-state index in [0.717, 1.165) is 44.1 Å². The average molecular weight is 415 g/mol. The zero-order valence-corrected chi connectivity index (χ0v) is 17.3. The number of rotatable bonds is 12. The van der Waals surface area contributed by atoms with E-state index in [2.05, 4.69) is 0 Å². The first-order valence-electron chi connectivity index (χ1n) is 10.3. The Morgan fingerprint density at radius 3 is 2.37 bits per heavy atom. The summed E-state index contributed by atoms with van der Waals surface area (Å²) < 4.78 is 38.0. The molecule has 2 aromatic carbocycles. The Morgan fingerprint density at radius 1 is 0.967 bits per heavy atom. The van der Waals surface area contributed by atoms with E-state index in [1.54, 1.807) is 18.2 Å². The van der Waals surface area contributed by atoms with E-state index in [1.807, 2.05) is 19.1 Å². The molecule has 6 heteroatoms. The molecular weight excluding hydrogens is 388 g/mol. The van der Waals surface area contributed by atoms with Crippen molar-refractivity contribution in [3.05, 3.63) is 59.2 Å². The summed E-state index contributed by atoms with van der Waals surface area (Å²) in [5, 5.41) is 8.77. The first-order chi connectivity index (χ1) is 14.6. The SMILES string of the molecule is CCOCC(=O)OCCCCCCCc1ccc(-c2ccc(C#N)c(F)c2F)cc1. The molecule has 0 radical (unpaired) electrons. The number of nitrogens with zero attached hydrogens (tertiary/aromatic N) is 1. The number of benzene rings is 2. The molecule has 0 fully saturated rings. The molecule has 0 atom stereocenters. The quantitative estimate of drug-likeness (QED) is 0.336. The molecule has 4 nitrogen and oxygen atoms in total. The van der Waals surface area contributed by atoms with Crippen LogP contribution in [0.5, 0.6) is 0 Å². The van der Waals surface area contributed by atoms with Gasteiger partial charge in [0.25, 0.3) is 0 Å². The Labute approximate surface area is 176 Å². The number of aryl methyl sites for hydroxylation is 1. The molecule has 0 aliphatic heterocycles. The monoisotopic (exact) mass is 415 g/mol. The van der Waals surface area contributed by atoms with Crippen molar-refractivity contribution in [1.29, 1.82) is 5.26 Å². The highest BCUT2D eigenvalue weighted by Gasteiger charge is 2.14. The van der Waals surface area contributed by atoms with Gasteiger partial charge in [-0.25, -0.2) is 13.6 Å². The standard InChI is InChI=1S/C24H27F2NO3/c1-2-29-17-22(28)30-15-7-5-3-4-6-8-18-9-11-19(12-10-18)21-14-13-20(16-27)23(25)24(21)26/h9-14H,2-8,15,17H2,1H3. The summed E-state index contributed by atoms with van der Waals surface area (Å²) in [6.45, 7) is 2.78. The number of carbonyl (C=O) groups is 1. The number of carbonyl (C=O) groups excluding carboxylic acids is 1. The smallest absolute Gasteiger partial charge is 0.332 e. The number of unbranched alkanes of at least 4 members (excludes halogenated alkanes) is 4. The molecule has 0 saturated carbocycles. The summed E-state index contributed by atoms with van der Waals surface area (Å²) in [7, 11) is 0. The lowest BCUT2D eigenvalue weighted by Crippen LogP contribution is -2.13. The molecule has 0 unspecified atom stereocenters. The van der Waals surface area contributed by atoms with Crippen LogP contribution in [0.1, 0.15) is 50.2 Å². The van der Waals surface area contributed by atoms with Gasteiger partial charge in [0.1, 0.15) is 12.7 Å². The van der Waals surface area contributed by atoms with Gasteiger partial charge in [0.15, 0.2) is 11.6 Å². The summed E-state index contributed by atoms with van der Waals surface area (Å²) in [5.74, 6) is -2.42. The van der Waals surface area contributed by atoms with Gasteiger partial charge in [-0.15, -0.1) is 0 Å². The second-order valence-corrected chi connectivity index (χ2v) is 6.97. The van der Waals surface area contributed by atoms with Crippen LogP contribution in [0.4, 0.5) is 8.78 Å². The molecule has 0 saturated heterocycles. The van der Waals surface area contributed by atoms with Crippen LogP contribution in [0.2, 0.25) is 0 Å². The van der Waals surface area contributed by atoms with Crippen LogP contribution >= 0.6 is 0 Å². The van der Waals surface area contributed by atoms with Gasteiger partial charge in [-0.05, 0) is 49.4 Å². The molecule has 30 heavy (non-hydrogen) atoms. The molecule has 0 bridgehead atoms. The van der Waals surface area contributed by atoms with Crippen molar-refractivity contribution < 1.29 is 23.0 Å². The molecular formula is C24H27F2NO3. The maximum atomic E-state index is 14.2. The Balaban J connectivity index is 1.68. The van der Waals surface area contributed by atoms with Crippen molar-refractivity contribution in [2.45, 2.75) is 45.4 Å². The summed E-state index contributed by atoms with van der Waals surface area (Å²) >= 11 is 0. The van der Waals surface area contributed by atoms with Crippen LogP contribution in [0.25, 0.3) is 11.1 Å². The van der Waals surface area contributed by atoms with E-state index in [0.29, 0.717) is 18.8 Å². The van der Waals surface area contributed by atoms with Gasteiger partial charge in [-0.3, -0.25) is 0 Å². The fourth-order valence-corrected chi connectivity index (χ4v) is 3.08. The number of halogens is 2. The Bertz CT molecular complexity index is 860. The topological polar surface area (TPSA) is 59.3 Å². The molecule has 0 aliphatic rings. The second kappa shape index (κ2) is 12.7. The summed E-state index contributed by atoms with van der Waals surface area (Å²) in [4.78, 5) is 11.3. The van der Waals surface area contributed by atoms with Crippen molar-refractivity contribution in [2.75, 3.05) is 19.8 Å². The number of esters is 1. The van der Waals surface area contributed by atoms with Crippen molar-refractivity contribution in [1.82, 2.24) is 0 Å². The third-order valence-corrected chi connectivity index (χ3v) is 4.76. The highest BCUT2D eigenvalue weighted by molar-refractivity contribution is 5.70. The molecule has 0 amide bonds. The van der Waals surface area contributed by atoms with Gasteiger partial charge in [-0.1, -0.05) is 43.5 Å². The molecule has 0 aliphatic carbocycles. The van der Waals surface area contributed by atoms with Gasteiger partial charge in [0, 0.05) is 12.2 Å². The van der Waals surface area contributed by atoms with Crippen molar-refractivity contribution in [3.63, 3.8) is 0 Å². The lowest BCUT2D eigenvalue weighted by Gasteiger charge is -2.07. The van der Waals surface area contributed by atoms with Crippen LogP contribution in [0.15, 0.2) is 36.4 Å². The minimum absolute atomic E-state index is 0.0159. The predicted octanol–water partition coefficient (Wildman–Crippen LogP) is 5.58. The summed E-state index contributed by atoms with van der Waals surface area (Å²) in [6.07, 6.45) is 5.93. The van der Waals surface area contributed by atoms with Gasteiger partial charge >= 0.3 is 5.97 Å². The third-order valence-electron chi connectivity index (χ3n) is 4.76. The molecule has 0 N–H and O–H groups in total. The first kappa shape index (κ1) is 23.5. The van der Waals surface area contributed by atoms with Gasteiger partial charge in [-0.2, -0.15) is 5.26 Å². The van der Waals surface area contributed by atoms with Gasteiger partial charge in [0.2, 0.25) is 0 Å². The summed E-state index contributed by atoms with van der Waals surface area (Å²) in [5.41, 5.74) is 1.58. The second-order valence-electron chi connectivity index (χ2n) is 6.97. The van der Waals surface area contributed by atoms with Gasteiger partial charge in [0.05, 0.1) is 12.2 Å². The number of nitriles is 1. The van der Waals surface area contributed by atoms with Crippen molar-refractivity contribution in [2.24, 2.45) is 0 Å². The zero-order valence-electron chi connectivity index (χ0n) is 17.3. The molecule has 160 valence electrons. The van der Waals surface area contributed by atoms with E-state index >= 15 is 0 Å². The number of hydrogen-bond donors (Lipinski definition) is 0. The fraction of sp³-hybridized carbons (Fsp3) is 0.417. The van der Waals surface area contributed by atoms with E-state index in [9.17, 15) is 13.6 Å². The number of ether oxygens (including phenoxy) is 2. The largest absolute Gasteiger partial charge is 0.464 e. The van der Waals surface area contributed by atoms with Crippen molar-refractivity contribution >= 4 is 5.97 Å². The molecule has 0 aromatic heterocycles. The van der Waals surface area contributed by atoms with Crippen LogP contribution in [0, 0.1) is 23.0 Å². The number of hydrogen-bond acceptors (Lipinski definition) is 4. The normalized spacial score (nSPS) is 10.6.